The van der Waals surface area contributed by atoms with Crippen LogP contribution in [0.25, 0.3) is 11.0 Å². The molecule has 3 aromatic rings. The Bertz CT molecular complexity index is 690. The molecule has 0 aliphatic heterocycles. The Morgan fingerprint density at radius 1 is 1.05 bits per heavy atom. The fourth-order valence-electron chi connectivity index (χ4n) is 2.25. The summed E-state index contributed by atoms with van der Waals surface area (Å²) >= 11 is 0. The molecule has 0 amide bonds. The van der Waals surface area contributed by atoms with Gasteiger partial charge in [-0.2, -0.15) is 0 Å². The van der Waals surface area contributed by atoms with Crippen molar-refractivity contribution in [1.29, 1.82) is 0 Å². The summed E-state index contributed by atoms with van der Waals surface area (Å²) in [7, 11) is 0. The van der Waals surface area contributed by atoms with E-state index in [1.807, 2.05) is 12.3 Å². The van der Waals surface area contributed by atoms with Crippen LogP contribution in [-0.4, -0.2) is 9.97 Å². The van der Waals surface area contributed by atoms with Crippen LogP contribution in [0.15, 0.2) is 48.8 Å². The molecule has 2 heteroatoms. The van der Waals surface area contributed by atoms with Gasteiger partial charge in [-0.25, -0.2) is 4.98 Å². The number of aromatic nitrogens is 2. The van der Waals surface area contributed by atoms with Crippen molar-refractivity contribution in [2.75, 3.05) is 0 Å². The van der Waals surface area contributed by atoms with Gasteiger partial charge >= 0.3 is 0 Å². The van der Waals surface area contributed by atoms with Crippen molar-refractivity contribution in [1.82, 2.24) is 9.97 Å². The summed E-state index contributed by atoms with van der Waals surface area (Å²) in [5.41, 5.74) is 5.03. The van der Waals surface area contributed by atoms with Gasteiger partial charge in [-0.15, -0.1) is 12.8 Å². The van der Waals surface area contributed by atoms with Crippen LogP contribution in [0.3, 0.4) is 0 Å². The Labute approximate surface area is 119 Å². The van der Waals surface area contributed by atoms with Gasteiger partial charge in [0.25, 0.3) is 0 Å². The third kappa shape index (κ3) is 3.07. The molecule has 0 spiro atoms. The highest BCUT2D eigenvalue weighted by Gasteiger charge is 2.03. The molecule has 0 saturated heterocycles. The Hall–Kier alpha value is -2.53. The highest BCUT2D eigenvalue weighted by Crippen LogP contribution is 2.17. The number of H-pyrrole nitrogens is 1. The summed E-state index contributed by atoms with van der Waals surface area (Å²) in [6, 6.07) is 12.9. The van der Waals surface area contributed by atoms with Crippen LogP contribution < -0.4 is 0 Å². The van der Waals surface area contributed by atoms with Crippen LogP contribution in [0, 0.1) is 19.8 Å². The Kier molecular flexibility index (Phi) is 4.57. The summed E-state index contributed by atoms with van der Waals surface area (Å²) in [5.74, 6) is 0. The highest BCUT2D eigenvalue weighted by molar-refractivity contribution is 5.79. The maximum Gasteiger partial charge on any atom is 0.137 e. The van der Waals surface area contributed by atoms with Gasteiger partial charge in [-0.1, -0.05) is 29.8 Å². The van der Waals surface area contributed by atoms with Crippen molar-refractivity contribution >= 4 is 11.0 Å². The van der Waals surface area contributed by atoms with Crippen LogP contribution in [-0.2, 0) is 12.8 Å². The number of hydrogen-bond donors (Lipinski definition) is 1. The van der Waals surface area contributed by atoms with Crippen molar-refractivity contribution in [3.8, 4) is 12.8 Å². The molecular weight excluding hydrogens is 244 g/mol. The molecule has 0 aliphatic rings. The van der Waals surface area contributed by atoms with Crippen LogP contribution in [0.2, 0.25) is 0 Å². The lowest BCUT2D eigenvalue weighted by atomic mass is 10.0. The molecule has 3 rings (SSSR count). The zero-order valence-electron chi connectivity index (χ0n) is 11.6. The monoisotopic (exact) mass is 262 g/mol. The molecule has 1 aromatic carbocycles. The molecule has 0 fully saturated rings. The minimum absolute atomic E-state index is 0.983. The summed E-state index contributed by atoms with van der Waals surface area (Å²) in [4.78, 5) is 7.54. The lowest BCUT2D eigenvalue weighted by molar-refractivity contribution is 0.967. The van der Waals surface area contributed by atoms with E-state index in [-0.39, 0.29) is 0 Å². The molecular formula is C18H18N2. The van der Waals surface area contributed by atoms with Gasteiger partial charge < -0.3 is 4.98 Å². The second kappa shape index (κ2) is 6.58. The first-order chi connectivity index (χ1) is 9.83. The summed E-state index contributed by atoms with van der Waals surface area (Å²) in [6.45, 7) is 2.12. The van der Waals surface area contributed by atoms with Crippen LogP contribution in [0.5, 0.6) is 0 Å². The largest absolute Gasteiger partial charge is 0.346 e. The predicted molar refractivity (Wildman–Crippen MR) is 84.6 cm³/mol. The summed E-state index contributed by atoms with van der Waals surface area (Å²) in [6.07, 6.45) is 14.0. The topological polar surface area (TPSA) is 28.7 Å². The van der Waals surface area contributed by atoms with Gasteiger partial charge in [0.15, 0.2) is 0 Å². The molecule has 2 heterocycles. The zero-order chi connectivity index (χ0) is 14.4. The van der Waals surface area contributed by atoms with Gasteiger partial charge in [0.2, 0.25) is 0 Å². The number of fused-ring (bicyclic) bond motifs is 1. The first kappa shape index (κ1) is 13.9. The van der Waals surface area contributed by atoms with E-state index in [1.54, 1.807) is 0 Å². The number of nitrogens with zero attached hydrogens (tertiary/aromatic N) is 1. The molecule has 2 nitrogen and oxygen atoms in total. The lowest BCUT2D eigenvalue weighted by Gasteiger charge is -2.01. The number of benzene rings is 1. The van der Waals surface area contributed by atoms with Crippen molar-refractivity contribution < 1.29 is 0 Å². The Balaban J connectivity index is 0.000000704. The average Bonchev–Trinajstić information content (AvgIpc) is 2.92. The maximum absolute atomic E-state index is 4.31. The molecule has 0 aliphatic carbocycles. The van der Waals surface area contributed by atoms with E-state index in [9.17, 15) is 0 Å². The van der Waals surface area contributed by atoms with E-state index in [0.717, 1.165) is 18.5 Å². The van der Waals surface area contributed by atoms with Crippen molar-refractivity contribution in [3.63, 3.8) is 0 Å². The number of hydrogen-bond acceptors (Lipinski definition) is 1. The van der Waals surface area contributed by atoms with E-state index in [4.69, 9.17) is 0 Å². The molecule has 0 bridgehead atoms. The molecule has 1 N–H and O–H groups in total. The van der Waals surface area contributed by atoms with E-state index in [1.165, 1.54) is 22.1 Å². The minimum Gasteiger partial charge on any atom is -0.346 e. The number of aryl methyl sites for hydroxylation is 3. The molecule has 0 saturated carbocycles. The van der Waals surface area contributed by atoms with E-state index >= 15 is 0 Å². The number of terminal acetylenes is 1. The third-order valence-electron chi connectivity index (χ3n) is 3.34. The van der Waals surface area contributed by atoms with Gasteiger partial charge in [-0.3, -0.25) is 0 Å². The molecule has 0 unspecified atom stereocenters. The number of pyridine rings is 1. The van der Waals surface area contributed by atoms with Gasteiger partial charge in [-0.05, 0) is 43.0 Å². The second-order valence-corrected chi connectivity index (χ2v) is 4.70. The number of aromatic amines is 1. The Morgan fingerprint density at radius 2 is 1.80 bits per heavy atom. The summed E-state index contributed by atoms with van der Waals surface area (Å²) in [5, 5.41) is 1.24. The van der Waals surface area contributed by atoms with Gasteiger partial charge in [0, 0.05) is 17.8 Å². The maximum atomic E-state index is 4.31. The van der Waals surface area contributed by atoms with Gasteiger partial charge in [0.1, 0.15) is 5.65 Å². The zero-order valence-corrected chi connectivity index (χ0v) is 11.6. The van der Waals surface area contributed by atoms with Crippen molar-refractivity contribution in [2.24, 2.45) is 0 Å². The standard InChI is InChI=1S/C16H16N2.C2H2/c1-12-4-6-13(7-5-12)8-9-14-11-18-16-15(14)3-2-10-17-16;1-2/h2-7,10-11H,8-9H2,1H3,(H,17,18);1-2H. The van der Waals surface area contributed by atoms with Crippen LogP contribution in [0.1, 0.15) is 16.7 Å². The minimum atomic E-state index is 0.983. The average molecular weight is 262 g/mol. The van der Waals surface area contributed by atoms with Crippen LogP contribution >= 0.6 is 0 Å². The molecule has 0 atom stereocenters. The van der Waals surface area contributed by atoms with E-state index in [2.05, 4.69) is 66.3 Å². The lowest BCUT2D eigenvalue weighted by Crippen LogP contribution is -1.90. The molecule has 20 heavy (non-hydrogen) atoms. The summed E-state index contributed by atoms with van der Waals surface area (Å²) < 4.78 is 0. The SMILES string of the molecule is C#C.Cc1ccc(CCc2c[nH]c3ncccc23)cc1. The highest BCUT2D eigenvalue weighted by atomic mass is 14.8. The molecule has 100 valence electrons. The van der Waals surface area contributed by atoms with E-state index < -0.39 is 0 Å². The van der Waals surface area contributed by atoms with Crippen molar-refractivity contribution in [3.05, 3.63) is 65.5 Å². The predicted octanol–water partition coefficient (Wildman–Crippen LogP) is 3.91. The smallest absolute Gasteiger partial charge is 0.137 e. The first-order valence-corrected chi connectivity index (χ1v) is 6.63. The van der Waals surface area contributed by atoms with Crippen LogP contribution in [0.4, 0.5) is 0 Å². The number of nitrogens with one attached hydrogen (secondary N) is 1. The second-order valence-electron chi connectivity index (χ2n) is 4.70. The number of rotatable bonds is 3. The van der Waals surface area contributed by atoms with Gasteiger partial charge in [0.05, 0.1) is 0 Å². The first-order valence-electron chi connectivity index (χ1n) is 6.63. The fraction of sp³-hybridized carbons (Fsp3) is 0.167. The van der Waals surface area contributed by atoms with Crippen molar-refractivity contribution in [2.45, 2.75) is 19.8 Å². The third-order valence-corrected chi connectivity index (χ3v) is 3.34. The molecule has 0 radical (unpaired) electrons. The Morgan fingerprint density at radius 3 is 2.55 bits per heavy atom. The fourth-order valence-corrected chi connectivity index (χ4v) is 2.25. The normalized spacial score (nSPS) is 9.95. The molecule has 2 aromatic heterocycles. The van der Waals surface area contributed by atoms with E-state index in [0.29, 0.717) is 0 Å². The quantitative estimate of drug-likeness (QED) is 0.712.